The van der Waals surface area contributed by atoms with Crippen LogP contribution in [0.5, 0.6) is 0 Å². The fraction of sp³-hybridized carbons (Fsp3) is 0. The molecule has 2 N–H and O–H groups in total. The number of hydrogen-bond donors (Lipinski definition) is 2. The van der Waals surface area contributed by atoms with Crippen LogP contribution in [0.2, 0.25) is 0 Å². The number of hydrogen-bond acceptors (Lipinski definition) is 2. The molecule has 0 aliphatic heterocycles. The molecule has 0 saturated heterocycles. The Hall–Kier alpha value is -5.60. The summed E-state index contributed by atoms with van der Waals surface area (Å²) in [6, 6.07) is 52.5. The fourth-order valence-corrected chi connectivity index (χ4v) is 5.10. The molecule has 202 valence electrons. The molecule has 6 aromatic rings. The number of rotatable bonds is 9. The van der Waals surface area contributed by atoms with Gasteiger partial charge in [-0.3, -0.25) is 0 Å². The minimum atomic E-state index is 0.957. The number of nitrogens with one attached hydrogen (secondary N) is 2. The summed E-state index contributed by atoms with van der Waals surface area (Å²) in [4.78, 5) is 0. The first-order valence-corrected chi connectivity index (χ1v) is 14.1. The van der Waals surface area contributed by atoms with Gasteiger partial charge in [-0.05, 0) is 75.7 Å². The van der Waals surface area contributed by atoms with Gasteiger partial charge in [0.25, 0.3) is 0 Å². The molecule has 0 saturated carbocycles. The molecule has 42 heavy (non-hydrogen) atoms. The van der Waals surface area contributed by atoms with Crippen molar-refractivity contribution in [2.24, 2.45) is 0 Å². The highest BCUT2D eigenvalue weighted by atomic mass is 14.9. The predicted molar refractivity (Wildman–Crippen MR) is 182 cm³/mol. The van der Waals surface area contributed by atoms with Crippen molar-refractivity contribution in [2.45, 2.75) is 0 Å². The monoisotopic (exact) mass is 540 g/mol. The van der Waals surface area contributed by atoms with Crippen molar-refractivity contribution in [1.82, 2.24) is 0 Å². The van der Waals surface area contributed by atoms with E-state index in [0.717, 1.165) is 50.5 Å². The Balaban J connectivity index is 1.36. The van der Waals surface area contributed by atoms with Crippen LogP contribution in [0, 0.1) is 0 Å². The van der Waals surface area contributed by atoms with E-state index < -0.39 is 0 Å². The lowest BCUT2D eigenvalue weighted by molar-refractivity contribution is 1.53. The Morgan fingerprint density at radius 2 is 1.21 bits per heavy atom. The van der Waals surface area contributed by atoms with E-state index >= 15 is 0 Å². The van der Waals surface area contributed by atoms with Crippen molar-refractivity contribution in [3.63, 3.8) is 0 Å². The molecule has 0 spiro atoms. The Bertz CT molecular complexity index is 1880. The molecule has 2 heteroatoms. The lowest BCUT2D eigenvalue weighted by Crippen LogP contribution is -1.95. The van der Waals surface area contributed by atoms with E-state index in [1.54, 1.807) is 0 Å². The maximum atomic E-state index is 4.38. The van der Waals surface area contributed by atoms with Crippen molar-refractivity contribution < 1.29 is 0 Å². The van der Waals surface area contributed by atoms with Gasteiger partial charge in [0.1, 0.15) is 0 Å². The minimum absolute atomic E-state index is 0.957. The summed E-state index contributed by atoms with van der Waals surface area (Å²) < 4.78 is 0. The molecule has 0 fully saturated rings. The molecule has 6 aromatic carbocycles. The van der Waals surface area contributed by atoms with Crippen LogP contribution in [0.4, 0.5) is 17.1 Å². The second kappa shape index (κ2) is 12.7. The summed E-state index contributed by atoms with van der Waals surface area (Å²) in [5.41, 5.74) is 9.69. The van der Waals surface area contributed by atoms with E-state index in [-0.39, 0.29) is 0 Å². The highest BCUT2D eigenvalue weighted by Crippen LogP contribution is 2.34. The van der Waals surface area contributed by atoms with Crippen molar-refractivity contribution in [3.8, 4) is 11.1 Å². The van der Waals surface area contributed by atoms with Crippen molar-refractivity contribution in [3.05, 3.63) is 188 Å². The summed E-state index contributed by atoms with van der Waals surface area (Å²) >= 11 is 0. The lowest BCUT2D eigenvalue weighted by atomic mass is 9.95. The largest absolute Gasteiger partial charge is 0.362 e. The third-order valence-corrected chi connectivity index (χ3v) is 7.25. The van der Waals surface area contributed by atoms with Crippen LogP contribution >= 0.6 is 0 Å². The van der Waals surface area contributed by atoms with E-state index in [1.807, 2.05) is 42.6 Å². The average Bonchev–Trinajstić information content (AvgIpc) is 3.05. The number of fused-ring (bicyclic) bond motifs is 1. The molecule has 2 nitrogen and oxygen atoms in total. The Morgan fingerprint density at radius 3 is 2.07 bits per heavy atom. The zero-order valence-corrected chi connectivity index (χ0v) is 23.4. The number of para-hydroxylation sites is 2. The molecule has 0 amide bonds. The van der Waals surface area contributed by atoms with Gasteiger partial charge in [-0.2, -0.15) is 0 Å². The lowest BCUT2D eigenvalue weighted by Gasteiger charge is -2.15. The molecule has 0 unspecified atom stereocenters. The van der Waals surface area contributed by atoms with Gasteiger partial charge in [0.05, 0.1) is 0 Å². The zero-order chi connectivity index (χ0) is 28.6. The standard InChI is InChI=1S/C40H32N2/c1-30(31-14-4-2-5-15-31)28-34(26-27-41-36-20-6-3-7-21-36)33-18-12-19-35(29-33)38-23-10-11-24-39(38)42-40-25-13-17-32-16-8-9-22-37(32)40/h2-29,41-42H,1H2/b27-26-,34-28+. The topological polar surface area (TPSA) is 24.1 Å². The molecule has 0 radical (unpaired) electrons. The van der Waals surface area contributed by atoms with Crippen molar-refractivity contribution >= 4 is 39.0 Å². The molecular formula is C40H32N2. The predicted octanol–water partition coefficient (Wildman–Crippen LogP) is 11.0. The third kappa shape index (κ3) is 6.24. The maximum Gasteiger partial charge on any atom is 0.0464 e. The Morgan fingerprint density at radius 1 is 0.571 bits per heavy atom. The van der Waals surface area contributed by atoms with Gasteiger partial charge in [-0.25, -0.2) is 0 Å². The summed E-state index contributed by atoms with van der Waals surface area (Å²) in [5, 5.41) is 9.52. The van der Waals surface area contributed by atoms with Crippen LogP contribution in [0.1, 0.15) is 11.1 Å². The van der Waals surface area contributed by atoms with Gasteiger partial charge in [-0.15, -0.1) is 0 Å². The fourth-order valence-electron chi connectivity index (χ4n) is 5.10. The second-order valence-electron chi connectivity index (χ2n) is 10.1. The minimum Gasteiger partial charge on any atom is -0.362 e. The first-order chi connectivity index (χ1) is 20.7. The summed E-state index contributed by atoms with van der Waals surface area (Å²) in [6.45, 7) is 4.38. The van der Waals surface area contributed by atoms with Crippen LogP contribution in [-0.2, 0) is 0 Å². The molecule has 0 heterocycles. The molecule has 0 aromatic heterocycles. The molecule has 0 aliphatic carbocycles. The SMILES string of the molecule is C=C(/C=C(\C=C/Nc1ccccc1)c1cccc(-c2ccccc2Nc2cccc3ccccc23)c1)c1ccccc1. The first kappa shape index (κ1) is 26.6. The van der Waals surface area contributed by atoms with Gasteiger partial charge in [0, 0.05) is 34.2 Å². The maximum absolute atomic E-state index is 4.38. The van der Waals surface area contributed by atoms with E-state index in [4.69, 9.17) is 0 Å². The van der Waals surface area contributed by atoms with Gasteiger partial charge in [-0.1, -0.05) is 128 Å². The van der Waals surface area contributed by atoms with Gasteiger partial charge < -0.3 is 10.6 Å². The molecule has 0 atom stereocenters. The quantitative estimate of drug-likeness (QED) is 0.178. The molecule has 0 bridgehead atoms. The van der Waals surface area contributed by atoms with Crippen LogP contribution in [0.15, 0.2) is 177 Å². The van der Waals surface area contributed by atoms with E-state index in [1.165, 1.54) is 10.8 Å². The number of anilines is 3. The van der Waals surface area contributed by atoms with Crippen LogP contribution < -0.4 is 10.6 Å². The van der Waals surface area contributed by atoms with Gasteiger partial charge in [0.2, 0.25) is 0 Å². The first-order valence-electron chi connectivity index (χ1n) is 14.1. The van der Waals surface area contributed by atoms with E-state index in [2.05, 4.69) is 145 Å². The summed E-state index contributed by atoms with van der Waals surface area (Å²) in [5.74, 6) is 0. The van der Waals surface area contributed by atoms with Crippen molar-refractivity contribution in [1.29, 1.82) is 0 Å². The van der Waals surface area contributed by atoms with Crippen LogP contribution in [-0.4, -0.2) is 0 Å². The van der Waals surface area contributed by atoms with E-state index in [9.17, 15) is 0 Å². The molecule has 0 aliphatic rings. The molecule has 6 rings (SSSR count). The highest BCUT2D eigenvalue weighted by molar-refractivity contribution is 5.97. The summed E-state index contributed by atoms with van der Waals surface area (Å²) in [7, 11) is 0. The van der Waals surface area contributed by atoms with Crippen LogP contribution in [0.25, 0.3) is 33.0 Å². The third-order valence-electron chi connectivity index (χ3n) is 7.25. The second-order valence-corrected chi connectivity index (χ2v) is 10.1. The van der Waals surface area contributed by atoms with Crippen LogP contribution in [0.3, 0.4) is 0 Å². The highest BCUT2D eigenvalue weighted by Gasteiger charge is 2.09. The number of benzene rings is 6. The smallest absolute Gasteiger partial charge is 0.0464 e. The van der Waals surface area contributed by atoms with Crippen molar-refractivity contribution in [2.75, 3.05) is 10.6 Å². The zero-order valence-electron chi connectivity index (χ0n) is 23.4. The Kier molecular flexibility index (Phi) is 8.06. The normalized spacial score (nSPS) is 11.5. The van der Waals surface area contributed by atoms with Gasteiger partial charge in [0.15, 0.2) is 0 Å². The summed E-state index contributed by atoms with van der Waals surface area (Å²) in [6.07, 6.45) is 6.25. The Labute approximate surface area is 248 Å². The number of allylic oxidation sites excluding steroid dienone is 4. The molecular weight excluding hydrogens is 508 g/mol. The van der Waals surface area contributed by atoms with Gasteiger partial charge >= 0.3 is 0 Å². The average molecular weight is 541 g/mol. The van der Waals surface area contributed by atoms with E-state index in [0.29, 0.717) is 0 Å².